The molecule has 0 spiro atoms. The van der Waals surface area contributed by atoms with Gasteiger partial charge in [0.05, 0.1) is 12.1 Å². The van der Waals surface area contributed by atoms with Gasteiger partial charge in [-0.05, 0) is 33.2 Å². The van der Waals surface area contributed by atoms with Crippen LogP contribution in [0.2, 0.25) is 0 Å². The van der Waals surface area contributed by atoms with Gasteiger partial charge in [-0.25, -0.2) is 4.98 Å². The maximum Gasteiger partial charge on any atom is 0.434 e. The van der Waals surface area contributed by atoms with Crippen LogP contribution in [0.1, 0.15) is 37.4 Å². The molecule has 1 N–H and O–H groups in total. The zero-order valence-electron chi connectivity index (χ0n) is 10.9. The van der Waals surface area contributed by atoms with Gasteiger partial charge in [-0.3, -0.25) is 4.90 Å². The summed E-state index contributed by atoms with van der Waals surface area (Å²) in [7, 11) is 0. The fourth-order valence-corrected chi connectivity index (χ4v) is 3.33. The molecule has 1 fully saturated rings. The van der Waals surface area contributed by atoms with Crippen molar-refractivity contribution in [1.29, 1.82) is 0 Å². The molecule has 0 aliphatic carbocycles. The normalized spacial score (nSPS) is 22.1. The molecule has 1 aliphatic heterocycles. The molecule has 1 unspecified atom stereocenters. The van der Waals surface area contributed by atoms with E-state index in [0.717, 1.165) is 36.1 Å². The average Bonchev–Trinajstić information content (AvgIpc) is 2.84. The van der Waals surface area contributed by atoms with Crippen molar-refractivity contribution in [3.8, 4) is 0 Å². The molecule has 0 bridgehead atoms. The van der Waals surface area contributed by atoms with Crippen LogP contribution in [0.3, 0.4) is 0 Å². The Labute approximate surface area is 114 Å². The second kappa shape index (κ2) is 5.03. The summed E-state index contributed by atoms with van der Waals surface area (Å²) in [6.07, 6.45) is -2.57. The van der Waals surface area contributed by atoms with E-state index in [1.165, 1.54) is 0 Å². The summed E-state index contributed by atoms with van der Waals surface area (Å²) in [4.78, 5) is 5.64. The number of halogens is 3. The lowest BCUT2D eigenvalue weighted by Crippen LogP contribution is -2.45. The molecule has 0 aromatic carbocycles. The summed E-state index contributed by atoms with van der Waals surface area (Å²) in [5, 5.41) is 11.6. The van der Waals surface area contributed by atoms with Crippen LogP contribution in [-0.4, -0.2) is 33.2 Å². The highest BCUT2D eigenvalue weighted by Crippen LogP contribution is 2.32. The summed E-state index contributed by atoms with van der Waals surface area (Å²) in [5.41, 5.74) is -1.67. The summed E-state index contributed by atoms with van der Waals surface area (Å²) in [5.74, 6) is 0. The van der Waals surface area contributed by atoms with Gasteiger partial charge >= 0.3 is 6.18 Å². The molecule has 2 rings (SSSR count). The number of alkyl halides is 3. The molecule has 1 saturated heterocycles. The molecule has 0 radical (unpaired) electrons. The molecule has 1 atom stereocenters. The van der Waals surface area contributed by atoms with E-state index in [4.69, 9.17) is 0 Å². The van der Waals surface area contributed by atoms with Crippen molar-refractivity contribution in [2.24, 2.45) is 0 Å². The number of thiazole rings is 1. The number of rotatable bonds is 3. The number of aromatic nitrogens is 1. The average molecular weight is 294 g/mol. The highest BCUT2D eigenvalue weighted by atomic mass is 32.1. The summed E-state index contributed by atoms with van der Waals surface area (Å²) >= 11 is 1.02. The molecule has 7 heteroatoms. The maximum absolute atomic E-state index is 12.5. The van der Waals surface area contributed by atoms with E-state index in [-0.39, 0.29) is 6.04 Å². The SMILES string of the molecule is CC(C)(O)C1CCCN1Cc1nc(C(F)(F)F)cs1. The lowest BCUT2D eigenvalue weighted by Gasteiger charge is -2.33. The summed E-state index contributed by atoms with van der Waals surface area (Å²) in [6, 6.07) is -0.0225. The highest BCUT2D eigenvalue weighted by molar-refractivity contribution is 7.09. The maximum atomic E-state index is 12.5. The van der Waals surface area contributed by atoms with Crippen LogP contribution in [0.15, 0.2) is 5.38 Å². The van der Waals surface area contributed by atoms with Crippen LogP contribution in [0, 0.1) is 0 Å². The zero-order chi connectivity index (χ0) is 14.3. The minimum absolute atomic E-state index is 0.0225. The second-order valence-electron chi connectivity index (χ2n) is 5.41. The first-order chi connectivity index (χ1) is 8.68. The third-order valence-corrected chi connectivity index (χ3v) is 4.19. The van der Waals surface area contributed by atoms with Crippen molar-refractivity contribution in [3.63, 3.8) is 0 Å². The minimum Gasteiger partial charge on any atom is -0.389 e. The van der Waals surface area contributed by atoms with E-state index in [1.807, 2.05) is 4.90 Å². The van der Waals surface area contributed by atoms with Crippen molar-refractivity contribution in [2.75, 3.05) is 6.54 Å². The quantitative estimate of drug-likeness (QED) is 0.931. The number of aliphatic hydroxyl groups is 1. The van der Waals surface area contributed by atoms with Gasteiger partial charge in [-0.15, -0.1) is 11.3 Å². The Kier molecular flexibility index (Phi) is 3.90. The smallest absolute Gasteiger partial charge is 0.389 e. The third-order valence-electron chi connectivity index (χ3n) is 3.36. The number of nitrogens with zero attached hydrogens (tertiary/aromatic N) is 2. The minimum atomic E-state index is -4.38. The predicted octanol–water partition coefficient (Wildman–Crippen LogP) is 2.90. The van der Waals surface area contributed by atoms with Crippen molar-refractivity contribution in [3.05, 3.63) is 16.1 Å². The standard InChI is InChI=1S/C12H17F3N2OS/c1-11(2,18)9-4-3-5-17(9)6-10-16-8(7-19-10)12(13,14)15/h7,9,18H,3-6H2,1-2H3. The van der Waals surface area contributed by atoms with Gasteiger partial charge in [0.2, 0.25) is 0 Å². The topological polar surface area (TPSA) is 36.4 Å². The Balaban J connectivity index is 2.07. The van der Waals surface area contributed by atoms with Crippen molar-refractivity contribution in [1.82, 2.24) is 9.88 Å². The fraction of sp³-hybridized carbons (Fsp3) is 0.750. The molecule has 3 nitrogen and oxygen atoms in total. The van der Waals surface area contributed by atoms with E-state index in [2.05, 4.69) is 4.98 Å². The Bertz CT molecular complexity index is 439. The van der Waals surface area contributed by atoms with Crippen LogP contribution >= 0.6 is 11.3 Å². The molecule has 0 amide bonds. The fourth-order valence-electron chi connectivity index (χ4n) is 2.50. The largest absolute Gasteiger partial charge is 0.434 e. The van der Waals surface area contributed by atoms with Gasteiger partial charge < -0.3 is 5.11 Å². The van der Waals surface area contributed by atoms with Gasteiger partial charge in [-0.2, -0.15) is 13.2 Å². The Morgan fingerprint density at radius 1 is 1.47 bits per heavy atom. The summed E-state index contributed by atoms with van der Waals surface area (Å²) in [6.45, 7) is 4.63. The predicted molar refractivity (Wildman–Crippen MR) is 66.8 cm³/mol. The number of likely N-dealkylation sites (tertiary alicyclic amines) is 1. The zero-order valence-corrected chi connectivity index (χ0v) is 11.7. The van der Waals surface area contributed by atoms with Crippen molar-refractivity contribution >= 4 is 11.3 Å². The van der Waals surface area contributed by atoms with Crippen LogP contribution in [-0.2, 0) is 12.7 Å². The third kappa shape index (κ3) is 3.46. The highest BCUT2D eigenvalue weighted by Gasteiger charge is 2.37. The van der Waals surface area contributed by atoms with Crippen molar-refractivity contribution < 1.29 is 18.3 Å². The molecule has 19 heavy (non-hydrogen) atoms. The van der Waals surface area contributed by atoms with Crippen LogP contribution in [0.4, 0.5) is 13.2 Å². The Morgan fingerprint density at radius 3 is 2.68 bits per heavy atom. The van der Waals surface area contributed by atoms with Crippen LogP contribution < -0.4 is 0 Å². The first kappa shape index (κ1) is 14.7. The number of hydrogen-bond acceptors (Lipinski definition) is 4. The summed E-state index contributed by atoms with van der Waals surface area (Å²) < 4.78 is 37.4. The molecule has 1 aromatic rings. The lowest BCUT2D eigenvalue weighted by atomic mass is 9.97. The first-order valence-electron chi connectivity index (χ1n) is 6.16. The van der Waals surface area contributed by atoms with Gasteiger partial charge in [0, 0.05) is 11.4 Å². The molecular weight excluding hydrogens is 277 g/mol. The van der Waals surface area contributed by atoms with Gasteiger partial charge in [0.1, 0.15) is 5.01 Å². The monoisotopic (exact) mass is 294 g/mol. The number of hydrogen-bond donors (Lipinski definition) is 1. The Morgan fingerprint density at radius 2 is 2.16 bits per heavy atom. The molecule has 1 aliphatic rings. The Hall–Kier alpha value is -0.660. The lowest BCUT2D eigenvalue weighted by molar-refractivity contribution is -0.140. The van der Waals surface area contributed by atoms with E-state index in [9.17, 15) is 18.3 Å². The first-order valence-corrected chi connectivity index (χ1v) is 7.04. The molecule has 108 valence electrons. The molecule has 0 saturated carbocycles. The van der Waals surface area contributed by atoms with E-state index in [0.29, 0.717) is 11.6 Å². The van der Waals surface area contributed by atoms with Crippen LogP contribution in [0.25, 0.3) is 0 Å². The van der Waals surface area contributed by atoms with Crippen LogP contribution in [0.5, 0.6) is 0 Å². The van der Waals surface area contributed by atoms with E-state index < -0.39 is 17.5 Å². The van der Waals surface area contributed by atoms with E-state index in [1.54, 1.807) is 13.8 Å². The van der Waals surface area contributed by atoms with Gasteiger partial charge in [0.15, 0.2) is 5.69 Å². The molecular formula is C12H17F3N2OS. The van der Waals surface area contributed by atoms with Gasteiger partial charge in [-0.1, -0.05) is 0 Å². The molecule has 2 heterocycles. The second-order valence-corrected chi connectivity index (χ2v) is 6.35. The van der Waals surface area contributed by atoms with E-state index >= 15 is 0 Å². The van der Waals surface area contributed by atoms with Gasteiger partial charge in [0.25, 0.3) is 0 Å². The van der Waals surface area contributed by atoms with Crippen molar-refractivity contribution in [2.45, 2.75) is 51.1 Å². The molecule has 1 aromatic heterocycles.